The number of alkyl halides is 2. The lowest BCUT2D eigenvalue weighted by Gasteiger charge is -1.95. The molecule has 0 rings (SSSR count). The third-order valence-electron chi connectivity index (χ3n) is 1.28. The first-order valence-corrected chi connectivity index (χ1v) is 3.33. The molecule has 2 heteroatoms. The number of hydrogen-bond acceptors (Lipinski definition) is 0. The molecular weight excluding hydrogens is 146 g/mol. The largest absolute Gasteiger partial charge is 0.259 e. The van der Waals surface area contributed by atoms with Crippen LogP contribution in [0.15, 0.2) is 36.0 Å². The number of hydrogen-bond donors (Lipinski definition) is 0. The van der Waals surface area contributed by atoms with Crippen molar-refractivity contribution in [3.05, 3.63) is 36.0 Å². The fourth-order valence-electron chi connectivity index (χ4n) is 0.404. The van der Waals surface area contributed by atoms with Crippen molar-refractivity contribution >= 4 is 0 Å². The van der Waals surface area contributed by atoms with Gasteiger partial charge in [-0.2, -0.15) is 0 Å². The Morgan fingerprint density at radius 3 is 2.18 bits per heavy atom. The monoisotopic (exact) mass is 158 g/mol. The van der Waals surface area contributed by atoms with Crippen LogP contribution < -0.4 is 0 Å². The van der Waals surface area contributed by atoms with Gasteiger partial charge >= 0.3 is 0 Å². The molecule has 0 aliphatic rings. The minimum atomic E-state index is -2.36. The highest BCUT2D eigenvalue weighted by Crippen LogP contribution is 2.07. The molecule has 0 saturated carbocycles. The van der Waals surface area contributed by atoms with Gasteiger partial charge < -0.3 is 0 Å². The average molecular weight is 158 g/mol. The predicted octanol–water partition coefficient (Wildman–Crippen LogP) is 3.33. The van der Waals surface area contributed by atoms with E-state index in [1.165, 1.54) is 13.0 Å². The van der Waals surface area contributed by atoms with Crippen LogP contribution in [0.1, 0.15) is 13.8 Å². The van der Waals surface area contributed by atoms with Crippen molar-refractivity contribution in [2.24, 2.45) is 0 Å². The summed E-state index contributed by atoms with van der Waals surface area (Å²) in [7, 11) is 0. The van der Waals surface area contributed by atoms with Crippen LogP contribution in [0, 0.1) is 0 Å². The van der Waals surface area contributed by atoms with Crippen molar-refractivity contribution < 1.29 is 8.78 Å². The van der Waals surface area contributed by atoms with Gasteiger partial charge in [-0.3, -0.25) is 0 Å². The van der Waals surface area contributed by atoms with Gasteiger partial charge in [-0.05, 0) is 19.4 Å². The minimum Gasteiger partial charge on any atom is -0.205 e. The summed E-state index contributed by atoms with van der Waals surface area (Å²) in [5.41, 5.74) is 0.955. The molecule has 0 unspecified atom stereocenters. The maximum atomic E-state index is 11.9. The summed E-state index contributed by atoms with van der Waals surface area (Å²) < 4.78 is 23.7. The summed E-state index contributed by atoms with van der Waals surface area (Å²) >= 11 is 0. The van der Waals surface area contributed by atoms with Crippen molar-refractivity contribution in [3.63, 3.8) is 0 Å². The van der Waals surface area contributed by atoms with Crippen molar-refractivity contribution in [1.82, 2.24) is 0 Å². The third-order valence-corrected chi connectivity index (χ3v) is 1.28. The van der Waals surface area contributed by atoms with E-state index in [2.05, 4.69) is 6.58 Å². The van der Waals surface area contributed by atoms with E-state index in [-0.39, 0.29) is 5.57 Å². The molecule has 0 amide bonds. The Morgan fingerprint density at radius 2 is 1.82 bits per heavy atom. The van der Waals surface area contributed by atoms with Gasteiger partial charge in [-0.25, -0.2) is 8.78 Å². The fourth-order valence-corrected chi connectivity index (χ4v) is 0.404. The zero-order chi connectivity index (χ0) is 8.85. The summed E-state index contributed by atoms with van der Waals surface area (Å²) in [4.78, 5) is 0. The number of allylic oxidation sites excluding steroid dienone is 5. The van der Waals surface area contributed by atoms with Gasteiger partial charge in [0, 0.05) is 0 Å². The molecule has 0 heterocycles. The zero-order valence-corrected chi connectivity index (χ0v) is 6.77. The van der Waals surface area contributed by atoms with Gasteiger partial charge in [0.2, 0.25) is 0 Å². The molecule has 0 aliphatic heterocycles. The Bertz CT molecular complexity index is 188. The molecule has 0 aliphatic carbocycles. The van der Waals surface area contributed by atoms with Crippen LogP contribution in [0.2, 0.25) is 0 Å². The Kier molecular flexibility index (Phi) is 4.42. The fraction of sp³-hybridized carbons (Fsp3) is 0.333. The van der Waals surface area contributed by atoms with E-state index in [1.807, 2.05) is 6.92 Å². The smallest absolute Gasteiger partial charge is 0.205 e. The van der Waals surface area contributed by atoms with Crippen molar-refractivity contribution in [2.75, 3.05) is 0 Å². The van der Waals surface area contributed by atoms with Gasteiger partial charge in [0.1, 0.15) is 0 Å². The first-order chi connectivity index (χ1) is 5.07. The maximum absolute atomic E-state index is 11.9. The number of rotatable bonds is 3. The molecule has 0 aromatic carbocycles. The van der Waals surface area contributed by atoms with Gasteiger partial charge in [-0.1, -0.05) is 30.4 Å². The Labute approximate surface area is 65.9 Å². The summed E-state index contributed by atoms with van der Waals surface area (Å²) in [6, 6.07) is 0. The van der Waals surface area contributed by atoms with Gasteiger partial charge in [0.05, 0.1) is 0 Å². The predicted molar refractivity (Wildman–Crippen MR) is 43.7 cm³/mol. The van der Waals surface area contributed by atoms with Crippen LogP contribution in [0.3, 0.4) is 0 Å². The molecule has 0 bridgehead atoms. The van der Waals surface area contributed by atoms with Crippen LogP contribution in [-0.2, 0) is 0 Å². The van der Waals surface area contributed by atoms with Crippen LogP contribution in [-0.4, -0.2) is 6.43 Å². The molecule has 0 aromatic heterocycles. The van der Waals surface area contributed by atoms with E-state index in [9.17, 15) is 8.78 Å². The van der Waals surface area contributed by atoms with E-state index in [4.69, 9.17) is 0 Å². The van der Waals surface area contributed by atoms with Gasteiger partial charge in [-0.15, -0.1) is 0 Å². The standard InChI is InChI=1S/C9H12F2/c1-4-7(2)5-6-8(3)9(10)11/h4-6,9H,1H2,2-3H3/b7-5+,8-6+. The van der Waals surface area contributed by atoms with E-state index in [0.29, 0.717) is 0 Å². The quantitative estimate of drug-likeness (QED) is 0.552. The van der Waals surface area contributed by atoms with E-state index in [0.717, 1.165) is 5.57 Å². The second-order valence-corrected chi connectivity index (χ2v) is 2.33. The van der Waals surface area contributed by atoms with Crippen LogP contribution >= 0.6 is 0 Å². The lowest BCUT2D eigenvalue weighted by Crippen LogP contribution is -1.90. The Balaban J connectivity index is 4.22. The highest BCUT2D eigenvalue weighted by Gasteiger charge is 2.01. The minimum absolute atomic E-state index is 0.0752. The second kappa shape index (κ2) is 4.83. The molecule has 0 N–H and O–H groups in total. The summed E-state index contributed by atoms with van der Waals surface area (Å²) in [5.74, 6) is 0. The molecular formula is C9H12F2. The molecule has 0 nitrogen and oxygen atoms in total. The van der Waals surface area contributed by atoms with E-state index in [1.54, 1.807) is 12.2 Å². The maximum Gasteiger partial charge on any atom is 0.259 e. The highest BCUT2D eigenvalue weighted by atomic mass is 19.3. The first-order valence-electron chi connectivity index (χ1n) is 3.33. The molecule has 0 aromatic rings. The van der Waals surface area contributed by atoms with Crippen molar-refractivity contribution in [3.8, 4) is 0 Å². The molecule has 0 saturated heterocycles. The van der Waals surface area contributed by atoms with Crippen LogP contribution in [0.4, 0.5) is 8.78 Å². The molecule has 0 atom stereocenters. The lowest BCUT2D eigenvalue weighted by atomic mass is 10.2. The van der Waals surface area contributed by atoms with Gasteiger partial charge in [0.25, 0.3) is 6.43 Å². The third kappa shape index (κ3) is 4.48. The summed E-state index contributed by atoms with van der Waals surface area (Å²) in [6.07, 6.45) is 2.29. The van der Waals surface area contributed by atoms with E-state index < -0.39 is 6.43 Å². The Hall–Kier alpha value is -0.920. The summed E-state index contributed by atoms with van der Waals surface area (Å²) in [6.45, 7) is 6.71. The molecule has 0 radical (unpaired) electrons. The second-order valence-electron chi connectivity index (χ2n) is 2.33. The van der Waals surface area contributed by atoms with Crippen LogP contribution in [0.25, 0.3) is 0 Å². The molecule has 0 fully saturated rings. The van der Waals surface area contributed by atoms with Crippen molar-refractivity contribution in [1.29, 1.82) is 0 Å². The SMILES string of the molecule is C=C/C(C)=C/C=C(\C)C(F)F. The lowest BCUT2D eigenvalue weighted by molar-refractivity contribution is 0.190. The van der Waals surface area contributed by atoms with Crippen molar-refractivity contribution in [2.45, 2.75) is 20.3 Å². The Morgan fingerprint density at radius 1 is 1.27 bits per heavy atom. The summed E-state index contributed by atoms with van der Waals surface area (Å²) in [5, 5.41) is 0. The molecule has 11 heavy (non-hydrogen) atoms. The number of halogens is 2. The molecule has 0 spiro atoms. The topological polar surface area (TPSA) is 0 Å². The first kappa shape index (κ1) is 10.1. The van der Waals surface area contributed by atoms with Crippen LogP contribution in [0.5, 0.6) is 0 Å². The van der Waals surface area contributed by atoms with Gasteiger partial charge in [0.15, 0.2) is 0 Å². The van der Waals surface area contributed by atoms with E-state index >= 15 is 0 Å². The zero-order valence-electron chi connectivity index (χ0n) is 6.77. The highest BCUT2D eigenvalue weighted by molar-refractivity contribution is 5.22. The normalized spacial score (nSPS) is 13.9. The molecule has 62 valence electrons. The average Bonchev–Trinajstić information content (AvgIpc) is 1.99.